The first-order valence-electron chi connectivity index (χ1n) is 11.4. The highest BCUT2D eigenvalue weighted by molar-refractivity contribution is 6.33. The summed E-state index contributed by atoms with van der Waals surface area (Å²) in [6.45, 7) is 6.65. The average Bonchev–Trinajstić information content (AvgIpc) is 3.28. The van der Waals surface area contributed by atoms with Gasteiger partial charge in [-0.3, -0.25) is 9.69 Å². The van der Waals surface area contributed by atoms with Gasteiger partial charge in [0.1, 0.15) is 5.75 Å². The third kappa shape index (κ3) is 5.92. The van der Waals surface area contributed by atoms with Crippen LogP contribution in [0.5, 0.6) is 5.75 Å². The molecule has 2 aromatic carbocycles. The van der Waals surface area contributed by atoms with Crippen molar-refractivity contribution in [3.63, 3.8) is 0 Å². The first-order chi connectivity index (χ1) is 16.0. The Morgan fingerprint density at radius 1 is 1.27 bits per heavy atom. The van der Waals surface area contributed by atoms with E-state index in [4.69, 9.17) is 20.9 Å². The minimum absolute atomic E-state index is 0.0716. The fourth-order valence-corrected chi connectivity index (χ4v) is 4.33. The van der Waals surface area contributed by atoms with Gasteiger partial charge in [-0.05, 0) is 63.1 Å². The van der Waals surface area contributed by atoms with Crippen LogP contribution in [-0.2, 0) is 11.3 Å². The van der Waals surface area contributed by atoms with Crippen molar-refractivity contribution >= 4 is 17.5 Å². The fraction of sp³-hybridized carbons (Fsp3) is 0.400. The van der Waals surface area contributed by atoms with Crippen molar-refractivity contribution in [1.82, 2.24) is 20.4 Å². The van der Waals surface area contributed by atoms with Gasteiger partial charge < -0.3 is 14.6 Å². The lowest BCUT2D eigenvalue weighted by Gasteiger charge is -2.31. The molecule has 1 aliphatic heterocycles. The van der Waals surface area contributed by atoms with Crippen molar-refractivity contribution in [3.8, 4) is 17.1 Å². The maximum Gasteiger partial charge on any atom is 0.241 e. The summed E-state index contributed by atoms with van der Waals surface area (Å²) < 4.78 is 10.9. The van der Waals surface area contributed by atoms with E-state index in [2.05, 4.69) is 20.4 Å². The second kappa shape index (κ2) is 10.8. The van der Waals surface area contributed by atoms with Crippen molar-refractivity contribution in [2.45, 2.75) is 39.3 Å². The Hall–Kier alpha value is -2.90. The zero-order valence-corrected chi connectivity index (χ0v) is 19.7. The molecule has 0 saturated carbocycles. The smallest absolute Gasteiger partial charge is 0.241 e. The molecule has 0 radical (unpaired) electrons. The number of carbonyl (C=O) groups excluding carboxylic acids is 1. The van der Waals surface area contributed by atoms with Crippen LogP contribution in [0.1, 0.15) is 44.2 Å². The largest absolute Gasteiger partial charge is 0.494 e. The van der Waals surface area contributed by atoms with Gasteiger partial charge >= 0.3 is 0 Å². The number of hydrogen-bond acceptors (Lipinski definition) is 6. The van der Waals surface area contributed by atoms with E-state index in [1.54, 1.807) is 6.07 Å². The van der Waals surface area contributed by atoms with E-state index in [1.807, 2.05) is 56.3 Å². The van der Waals surface area contributed by atoms with Crippen molar-refractivity contribution in [2.24, 2.45) is 5.92 Å². The first-order valence-corrected chi connectivity index (χ1v) is 11.7. The number of nitrogens with zero attached hydrogens (tertiary/aromatic N) is 3. The van der Waals surface area contributed by atoms with Crippen LogP contribution in [0.4, 0.5) is 0 Å². The summed E-state index contributed by atoms with van der Waals surface area (Å²) in [5.74, 6) is 1.83. The van der Waals surface area contributed by atoms with Crippen LogP contribution in [0, 0.1) is 5.92 Å². The highest BCUT2D eigenvalue weighted by atomic mass is 35.5. The summed E-state index contributed by atoms with van der Waals surface area (Å²) >= 11 is 6.24. The van der Waals surface area contributed by atoms with Gasteiger partial charge in [0, 0.05) is 12.1 Å². The van der Waals surface area contributed by atoms with Crippen LogP contribution < -0.4 is 10.1 Å². The standard InChI is InChI=1S/C25H29ClN4O3/c1-3-32-20-12-10-18(11-13-20)17(2)27-25(31)19-7-6-14-30(15-19)16-23-28-24(29-33-23)21-8-4-5-9-22(21)26/h4-5,8-13,17,19H,3,6-7,14-16H2,1-2H3,(H,27,31). The lowest BCUT2D eigenvalue weighted by atomic mass is 9.96. The van der Waals surface area contributed by atoms with Crippen molar-refractivity contribution < 1.29 is 14.1 Å². The van der Waals surface area contributed by atoms with Gasteiger partial charge in [-0.15, -0.1) is 0 Å². The summed E-state index contributed by atoms with van der Waals surface area (Å²) in [5.41, 5.74) is 1.80. The molecule has 1 N–H and O–H groups in total. The Balaban J connectivity index is 1.32. The Kier molecular flexibility index (Phi) is 7.62. The summed E-state index contributed by atoms with van der Waals surface area (Å²) in [5, 5.41) is 7.82. The molecule has 2 atom stereocenters. The van der Waals surface area contributed by atoms with Crippen LogP contribution in [0.3, 0.4) is 0 Å². The topological polar surface area (TPSA) is 80.5 Å². The van der Waals surface area contributed by atoms with Crippen molar-refractivity contribution in [2.75, 3.05) is 19.7 Å². The van der Waals surface area contributed by atoms with Gasteiger partial charge in [0.2, 0.25) is 17.6 Å². The number of ether oxygens (including phenoxy) is 1. The zero-order valence-electron chi connectivity index (χ0n) is 19.0. The summed E-state index contributed by atoms with van der Waals surface area (Å²) in [6.07, 6.45) is 1.81. The number of halogens is 1. The van der Waals surface area contributed by atoms with Crippen LogP contribution in [0.2, 0.25) is 5.02 Å². The predicted molar refractivity (Wildman–Crippen MR) is 127 cm³/mol. The number of amides is 1. The van der Waals surface area contributed by atoms with Gasteiger partial charge in [0.05, 0.1) is 30.1 Å². The highest BCUT2D eigenvalue weighted by Crippen LogP contribution is 2.26. The van der Waals surface area contributed by atoms with Crippen LogP contribution >= 0.6 is 11.6 Å². The van der Waals surface area contributed by atoms with Crippen LogP contribution in [0.15, 0.2) is 53.1 Å². The zero-order chi connectivity index (χ0) is 23.2. The molecule has 1 saturated heterocycles. The molecule has 33 heavy (non-hydrogen) atoms. The van der Waals surface area contributed by atoms with E-state index >= 15 is 0 Å². The highest BCUT2D eigenvalue weighted by Gasteiger charge is 2.28. The molecule has 0 bridgehead atoms. The maximum atomic E-state index is 12.9. The number of rotatable bonds is 8. The van der Waals surface area contributed by atoms with E-state index in [-0.39, 0.29) is 17.9 Å². The normalized spacial score (nSPS) is 17.5. The summed E-state index contributed by atoms with van der Waals surface area (Å²) in [7, 11) is 0. The van der Waals surface area contributed by atoms with E-state index in [0.29, 0.717) is 36.4 Å². The van der Waals surface area contributed by atoms with E-state index in [1.165, 1.54) is 0 Å². The fourth-order valence-electron chi connectivity index (χ4n) is 4.11. The Bertz CT molecular complexity index is 1070. The molecule has 1 amide bonds. The minimum Gasteiger partial charge on any atom is -0.494 e. The Morgan fingerprint density at radius 2 is 2.06 bits per heavy atom. The molecular weight excluding hydrogens is 440 g/mol. The molecule has 4 rings (SSSR count). The second-order valence-corrected chi connectivity index (χ2v) is 8.71. The summed E-state index contributed by atoms with van der Waals surface area (Å²) in [4.78, 5) is 19.6. The Labute approximate surface area is 199 Å². The van der Waals surface area contributed by atoms with E-state index in [0.717, 1.165) is 36.3 Å². The monoisotopic (exact) mass is 468 g/mol. The van der Waals surface area contributed by atoms with Gasteiger partial charge in [0.15, 0.2) is 0 Å². The van der Waals surface area contributed by atoms with E-state index in [9.17, 15) is 4.79 Å². The maximum absolute atomic E-state index is 12.9. The van der Waals surface area contributed by atoms with Gasteiger partial charge in [-0.25, -0.2) is 0 Å². The number of nitrogens with one attached hydrogen (secondary N) is 1. The number of piperidine rings is 1. The Morgan fingerprint density at radius 3 is 2.82 bits per heavy atom. The number of benzene rings is 2. The second-order valence-electron chi connectivity index (χ2n) is 8.30. The molecule has 7 nitrogen and oxygen atoms in total. The van der Waals surface area contributed by atoms with Gasteiger partial charge in [0.25, 0.3) is 0 Å². The lowest BCUT2D eigenvalue weighted by molar-refractivity contribution is -0.127. The lowest BCUT2D eigenvalue weighted by Crippen LogP contribution is -2.43. The SMILES string of the molecule is CCOc1ccc(C(C)NC(=O)C2CCCN(Cc3nc(-c4ccccc4Cl)no3)C2)cc1. The average molecular weight is 469 g/mol. The molecule has 8 heteroatoms. The molecule has 2 heterocycles. The molecular formula is C25H29ClN4O3. The summed E-state index contributed by atoms with van der Waals surface area (Å²) in [6, 6.07) is 15.2. The molecule has 2 unspecified atom stereocenters. The molecule has 174 valence electrons. The first kappa shape index (κ1) is 23.3. The van der Waals surface area contributed by atoms with Gasteiger partial charge in [-0.1, -0.05) is 41.0 Å². The third-order valence-corrected chi connectivity index (χ3v) is 6.20. The molecule has 1 aromatic heterocycles. The number of hydrogen-bond donors (Lipinski definition) is 1. The number of aromatic nitrogens is 2. The molecule has 1 aliphatic rings. The quantitative estimate of drug-likeness (QED) is 0.507. The number of likely N-dealkylation sites (tertiary alicyclic amines) is 1. The van der Waals surface area contributed by atoms with Crippen LogP contribution in [-0.4, -0.2) is 40.6 Å². The molecule has 0 spiro atoms. The third-order valence-electron chi connectivity index (χ3n) is 5.87. The minimum atomic E-state index is -0.0742. The molecule has 0 aliphatic carbocycles. The molecule has 3 aromatic rings. The number of carbonyl (C=O) groups is 1. The molecule has 1 fully saturated rings. The van der Waals surface area contributed by atoms with Crippen LogP contribution in [0.25, 0.3) is 11.4 Å². The van der Waals surface area contributed by atoms with Crippen molar-refractivity contribution in [3.05, 3.63) is 65.0 Å². The predicted octanol–water partition coefficient (Wildman–Crippen LogP) is 4.88. The van der Waals surface area contributed by atoms with Gasteiger partial charge in [-0.2, -0.15) is 4.98 Å². The van der Waals surface area contributed by atoms with E-state index < -0.39 is 0 Å². The van der Waals surface area contributed by atoms with Crippen molar-refractivity contribution in [1.29, 1.82) is 0 Å².